The Bertz CT molecular complexity index is 238. The zero-order valence-electron chi connectivity index (χ0n) is 10.2. The first-order valence-electron chi connectivity index (χ1n) is 6.42. The van der Waals surface area contributed by atoms with Crippen molar-refractivity contribution in [2.24, 2.45) is 11.8 Å². The van der Waals surface area contributed by atoms with Crippen LogP contribution in [0.5, 0.6) is 0 Å². The second kappa shape index (κ2) is 5.64. The van der Waals surface area contributed by atoms with E-state index in [0.717, 1.165) is 39.0 Å². The van der Waals surface area contributed by atoms with Crippen LogP contribution in [-0.2, 0) is 4.79 Å². The number of nitrogens with one attached hydrogen (secondary N) is 2. The number of amides is 1. The molecule has 2 aliphatic heterocycles. The van der Waals surface area contributed by atoms with Gasteiger partial charge in [0.2, 0.25) is 5.91 Å². The highest BCUT2D eigenvalue weighted by Gasteiger charge is 2.23. The van der Waals surface area contributed by atoms with Gasteiger partial charge in [0, 0.05) is 19.6 Å². The lowest BCUT2D eigenvalue weighted by Crippen LogP contribution is -2.42. The molecular weight excluding hydrogens is 202 g/mol. The normalized spacial score (nSPS) is 31.6. The standard InChI is InChI=1S/C12H23N3O/c1-15-6-4-10(9-15)7-14-12(16)11-3-2-5-13-8-11/h10-11,13H,2-9H2,1H3,(H,14,16)/t10?,11-/m1/s1. The van der Waals surface area contributed by atoms with Crippen LogP contribution in [0.4, 0.5) is 0 Å². The summed E-state index contributed by atoms with van der Waals surface area (Å²) in [6.07, 6.45) is 3.40. The number of carbonyl (C=O) groups excluding carboxylic acids is 1. The first-order chi connectivity index (χ1) is 7.75. The molecule has 2 saturated heterocycles. The Morgan fingerprint density at radius 3 is 3.00 bits per heavy atom. The number of nitrogens with zero attached hydrogens (tertiary/aromatic N) is 1. The Labute approximate surface area is 97.8 Å². The molecule has 92 valence electrons. The van der Waals surface area contributed by atoms with Crippen LogP contribution in [0.15, 0.2) is 0 Å². The predicted octanol–water partition coefficient (Wildman–Crippen LogP) is 0.0539. The highest BCUT2D eigenvalue weighted by molar-refractivity contribution is 5.78. The smallest absolute Gasteiger partial charge is 0.224 e. The minimum absolute atomic E-state index is 0.202. The van der Waals surface area contributed by atoms with E-state index in [4.69, 9.17) is 0 Å². The highest BCUT2D eigenvalue weighted by atomic mass is 16.1. The summed E-state index contributed by atoms with van der Waals surface area (Å²) in [5, 5.41) is 6.39. The summed E-state index contributed by atoms with van der Waals surface area (Å²) in [5.41, 5.74) is 0. The van der Waals surface area contributed by atoms with Crippen molar-refractivity contribution in [3.63, 3.8) is 0 Å². The third kappa shape index (κ3) is 3.19. The summed E-state index contributed by atoms with van der Waals surface area (Å²) in [4.78, 5) is 14.2. The van der Waals surface area contributed by atoms with Crippen LogP contribution in [0.3, 0.4) is 0 Å². The molecule has 0 aromatic heterocycles. The molecule has 1 unspecified atom stereocenters. The van der Waals surface area contributed by atoms with Gasteiger partial charge >= 0.3 is 0 Å². The average molecular weight is 225 g/mol. The maximum atomic E-state index is 11.9. The molecule has 0 bridgehead atoms. The van der Waals surface area contributed by atoms with Gasteiger partial charge < -0.3 is 15.5 Å². The van der Waals surface area contributed by atoms with Crippen molar-refractivity contribution in [1.29, 1.82) is 0 Å². The van der Waals surface area contributed by atoms with Crippen molar-refractivity contribution in [2.45, 2.75) is 19.3 Å². The summed E-state index contributed by atoms with van der Waals surface area (Å²) in [6, 6.07) is 0. The molecule has 0 saturated carbocycles. The number of hydrogen-bond donors (Lipinski definition) is 2. The van der Waals surface area contributed by atoms with Gasteiger partial charge in [-0.2, -0.15) is 0 Å². The van der Waals surface area contributed by atoms with Crippen LogP contribution in [0.2, 0.25) is 0 Å². The van der Waals surface area contributed by atoms with E-state index >= 15 is 0 Å². The Kier molecular flexibility index (Phi) is 4.18. The molecule has 2 heterocycles. The lowest BCUT2D eigenvalue weighted by molar-refractivity contribution is -0.125. The number of carbonyl (C=O) groups is 1. The molecule has 2 fully saturated rings. The van der Waals surface area contributed by atoms with Crippen LogP contribution in [0.25, 0.3) is 0 Å². The fraction of sp³-hybridized carbons (Fsp3) is 0.917. The monoisotopic (exact) mass is 225 g/mol. The van der Waals surface area contributed by atoms with Gasteiger partial charge in [0.1, 0.15) is 0 Å². The Morgan fingerprint density at radius 2 is 2.38 bits per heavy atom. The first-order valence-corrected chi connectivity index (χ1v) is 6.42. The van der Waals surface area contributed by atoms with Crippen LogP contribution in [0, 0.1) is 11.8 Å². The van der Waals surface area contributed by atoms with Crippen molar-refractivity contribution >= 4 is 5.91 Å². The number of rotatable bonds is 3. The molecule has 0 aromatic rings. The molecular formula is C12H23N3O. The van der Waals surface area contributed by atoms with Gasteiger partial charge in [-0.1, -0.05) is 0 Å². The van der Waals surface area contributed by atoms with Gasteiger partial charge in [0.15, 0.2) is 0 Å². The number of likely N-dealkylation sites (tertiary alicyclic amines) is 1. The number of piperidine rings is 1. The van der Waals surface area contributed by atoms with Crippen molar-refractivity contribution in [1.82, 2.24) is 15.5 Å². The first kappa shape index (κ1) is 11.9. The van der Waals surface area contributed by atoms with E-state index in [0.29, 0.717) is 5.92 Å². The lowest BCUT2D eigenvalue weighted by Gasteiger charge is -2.22. The summed E-state index contributed by atoms with van der Waals surface area (Å²) < 4.78 is 0. The molecule has 2 N–H and O–H groups in total. The van der Waals surface area contributed by atoms with Crippen molar-refractivity contribution < 1.29 is 4.79 Å². The zero-order valence-corrected chi connectivity index (χ0v) is 10.2. The van der Waals surface area contributed by atoms with Crippen LogP contribution in [-0.4, -0.2) is 50.6 Å². The summed E-state index contributed by atoms with van der Waals surface area (Å²) >= 11 is 0. The minimum Gasteiger partial charge on any atom is -0.355 e. The van der Waals surface area contributed by atoms with E-state index in [9.17, 15) is 4.79 Å². The predicted molar refractivity (Wildman–Crippen MR) is 64.2 cm³/mol. The average Bonchev–Trinajstić information content (AvgIpc) is 2.73. The maximum Gasteiger partial charge on any atom is 0.224 e. The van der Waals surface area contributed by atoms with Crippen molar-refractivity contribution in [3.8, 4) is 0 Å². The maximum absolute atomic E-state index is 11.9. The van der Waals surface area contributed by atoms with Crippen LogP contribution < -0.4 is 10.6 Å². The molecule has 0 spiro atoms. The third-order valence-corrected chi connectivity index (χ3v) is 3.72. The molecule has 2 rings (SSSR count). The fourth-order valence-corrected chi connectivity index (χ4v) is 2.66. The third-order valence-electron chi connectivity index (χ3n) is 3.72. The van der Waals surface area contributed by atoms with Gasteiger partial charge in [0.25, 0.3) is 0 Å². The van der Waals surface area contributed by atoms with E-state index in [-0.39, 0.29) is 11.8 Å². The quantitative estimate of drug-likeness (QED) is 0.713. The molecule has 0 radical (unpaired) electrons. The van der Waals surface area contributed by atoms with Crippen molar-refractivity contribution in [2.75, 3.05) is 39.8 Å². The lowest BCUT2D eigenvalue weighted by atomic mass is 9.98. The SMILES string of the molecule is CN1CCC(CNC(=O)[C@@H]2CCCNC2)C1. The summed E-state index contributed by atoms with van der Waals surface area (Å²) in [7, 11) is 2.15. The molecule has 0 aromatic carbocycles. The van der Waals surface area contributed by atoms with Gasteiger partial charge in [-0.25, -0.2) is 0 Å². The highest BCUT2D eigenvalue weighted by Crippen LogP contribution is 2.14. The van der Waals surface area contributed by atoms with Gasteiger partial charge in [0.05, 0.1) is 5.92 Å². The van der Waals surface area contributed by atoms with E-state index < -0.39 is 0 Å². The number of hydrogen-bond acceptors (Lipinski definition) is 3. The van der Waals surface area contributed by atoms with E-state index in [1.54, 1.807) is 0 Å². The second-order valence-corrected chi connectivity index (χ2v) is 5.21. The Morgan fingerprint density at radius 1 is 1.50 bits per heavy atom. The van der Waals surface area contributed by atoms with E-state index in [1.165, 1.54) is 13.0 Å². The topological polar surface area (TPSA) is 44.4 Å². The molecule has 4 heteroatoms. The zero-order chi connectivity index (χ0) is 11.4. The molecule has 2 atom stereocenters. The molecule has 2 aliphatic rings. The van der Waals surface area contributed by atoms with E-state index in [2.05, 4.69) is 22.6 Å². The largest absolute Gasteiger partial charge is 0.355 e. The van der Waals surface area contributed by atoms with E-state index in [1.807, 2.05) is 0 Å². The van der Waals surface area contributed by atoms with Crippen molar-refractivity contribution in [3.05, 3.63) is 0 Å². The van der Waals surface area contributed by atoms with Crippen LogP contribution >= 0.6 is 0 Å². The van der Waals surface area contributed by atoms with Gasteiger partial charge in [-0.3, -0.25) is 4.79 Å². The Balaban J connectivity index is 1.66. The molecule has 16 heavy (non-hydrogen) atoms. The second-order valence-electron chi connectivity index (χ2n) is 5.21. The van der Waals surface area contributed by atoms with Crippen LogP contribution in [0.1, 0.15) is 19.3 Å². The van der Waals surface area contributed by atoms with Gasteiger partial charge in [-0.05, 0) is 45.3 Å². The molecule has 1 amide bonds. The fourth-order valence-electron chi connectivity index (χ4n) is 2.66. The molecule has 4 nitrogen and oxygen atoms in total. The summed E-state index contributed by atoms with van der Waals surface area (Å²) in [6.45, 7) is 5.09. The molecule has 0 aliphatic carbocycles. The summed E-state index contributed by atoms with van der Waals surface area (Å²) in [5.74, 6) is 1.11. The Hall–Kier alpha value is -0.610. The van der Waals surface area contributed by atoms with Gasteiger partial charge in [-0.15, -0.1) is 0 Å². The minimum atomic E-state index is 0.202.